The lowest BCUT2D eigenvalue weighted by atomic mass is 10.0. The van der Waals surface area contributed by atoms with Crippen LogP contribution in [0.15, 0.2) is 28.7 Å². The first-order valence-electron chi connectivity index (χ1n) is 7.73. The van der Waals surface area contributed by atoms with Crippen LogP contribution < -0.4 is 0 Å². The van der Waals surface area contributed by atoms with Crippen LogP contribution in [0, 0.1) is 5.92 Å². The fraction of sp³-hybridized carbons (Fsp3) is 0.529. The summed E-state index contributed by atoms with van der Waals surface area (Å²) in [7, 11) is 0. The van der Waals surface area contributed by atoms with Crippen molar-refractivity contribution in [3.8, 4) is 0 Å². The first-order valence-corrected chi connectivity index (χ1v) is 7.73. The summed E-state index contributed by atoms with van der Waals surface area (Å²) in [6, 6.07) is 7.49. The monoisotopic (exact) mass is 289 g/mol. The third kappa shape index (κ3) is 4.59. The lowest BCUT2D eigenvalue weighted by Crippen LogP contribution is -2.15. The predicted octanol–water partition coefficient (Wildman–Crippen LogP) is 4.13. The van der Waals surface area contributed by atoms with Crippen molar-refractivity contribution in [2.75, 3.05) is 6.61 Å². The van der Waals surface area contributed by atoms with E-state index in [0.29, 0.717) is 24.0 Å². The number of ether oxygens (including phenoxy) is 1. The highest BCUT2D eigenvalue weighted by Gasteiger charge is 2.14. The summed E-state index contributed by atoms with van der Waals surface area (Å²) in [5.41, 5.74) is 1.48. The van der Waals surface area contributed by atoms with Crippen LogP contribution in [0.1, 0.15) is 45.4 Å². The molecule has 0 bridgehead atoms. The minimum absolute atomic E-state index is 0.0961. The van der Waals surface area contributed by atoms with Crippen LogP contribution in [0.3, 0.4) is 0 Å². The van der Waals surface area contributed by atoms with Crippen molar-refractivity contribution in [1.82, 2.24) is 4.98 Å². The van der Waals surface area contributed by atoms with Gasteiger partial charge in [0.25, 0.3) is 0 Å². The Hall–Kier alpha value is -1.84. The van der Waals surface area contributed by atoms with E-state index in [-0.39, 0.29) is 12.4 Å². The molecule has 0 fully saturated rings. The molecule has 0 radical (unpaired) electrons. The molecule has 0 amide bonds. The van der Waals surface area contributed by atoms with Crippen molar-refractivity contribution in [2.24, 2.45) is 5.92 Å². The Labute approximate surface area is 125 Å². The quantitative estimate of drug-likeness (QED) is 0.686. The molecule has 4 heteroatoms. The van der Waals surface area contributed by atoms with Gasteiger partial charge < -0.3 is 9.15 Å². The first-order chi connectivity index (χ1) is 10.2. The Kier molecular flexibility index (Phi) is 5.78. The lowest BCUT2D eigenvalue weighted by molar-refractivity contribution is -0.144. The summed E-state index contributed by atoms with van der Waals surface area (Å²) < 4.78 is 10.9. The number of hydrogen-bond acceptors (Lipinski definition) is 4. The van der Waals surface area contributed by atoms with Gasteiger partial charge in [0.1, 0.15) is 11.9 Å². The van der Waals surface area contributed by atoms with E-state index >= 15 is 0 Å². The minimum Gasteiger partial charge on any atom is -0.465 e. The van der Waals surface area contributed by atoms with Gasteiger partial charge in [0.15, 0.2) is 5.58 Å². The number of nitrogens with zero attached hydrogens (tertiary/aromatic N) is 1. The van der Waals surface area contributed by atoms with Crippen molar-refractivity contribution < 1.29 is 13.9 Å². The number of benzene rings is 1. The second-order valence-corrected chi connectivity index (χ2v) is 5.35. The van der Waals surface area contributed by atoms with Crippen LogP contribution in [0.2, 0.25) is 0 Å². The number of rotatable bonds is 8. The van der Waals surface area contributed by atoms with Crippen LogP contribution in [-0.4, -0.2) is 17.6 Å². The number of para-hydroxylation sites is 2. The normalized spacial score (nSPS) is 12.5. The third-order valence-electron chi connectivity index (χ3n) is 3.66. The molecule has 1 atom stereocenters. The van der Waals surface area contributed by atoms with Gasteiger partial charge in [-0.3, -0.25) is 4.79 Å². The molecule has 0 aliphatic rings. The van der Waals surface area contributed by atoms with Gasteiger partial charge in [-0.1, -0.05) is 45.2 Å². The van der Waals surface area contributed by atoms with Crippen molar-refractivity contribution in [1.29, 1.82) is 0 Å². The molecular formula is C17H23NO3. The highest BCUT2D eigenvalue weighted by molar-refractivity contribution is 5.75. The summed E-state index contributed by atoms with van der Waals surface area (Å²) in [5, 5.41) is 0. The van der Waals surface area contributed by atoms with Crippen molar-refractivity contribution in [3.05, 3.63) is 30.2 Å². The molecule has 0 N–H and O–H groups in total. The Morgan fingerprint density at radius 3 is 2.86 bits per heavy atom. The number of carbonyl (C=O) groups is 1. The second kappa shape index (κ2) is 7.81. The van der Waals surface area contributed by atoms with Crippen molar-refractivity contribution >= 4 is 17.1 Å². The molecule has 0 saturated carbocycles. The van der Waals surface area contributed by atoms with E-state index in [4.69, 9.17) is 9.15 Å². The molecule has 2 rings (SSSR count). The largest absolute Gasteiger partial charge is 0.465 e. The topological polar surface area (TPSA) is 52.3 Å². The molecule has 1 unspecified atom stereocenters. The van der Waals surface area contributed by atoms with Gasteiger partial charge in [-0.2, -0.15) is 0 Å². The van der Waals surface area contributed by atoms with Crippen molar-refractivity contribution in [2.45, 2.75) is 46.0 Å². The first kappa shape index (κ1) is 15.5. The summed E-state index contributed by atoms with van der Waals surface area (Å²) in [5.74, 6) is 0.608. The van der Waals surface area contributed by atoms with Gasteiger partial charge in [0.05, 0.1) is 6.61 Å². The van der Waals surface area contributed by atoms with E-state index in [1.54, 1.807) is 0 Å². The molecular weight excluding hydrogens is 266 g/mol. The van der Waals surface area contributed by atoms with E-state index < -0.39 is 0 Å². The van der Waals surface area contributed by atoms with E-state index in [1.165, 1.54) is 12.8 Å². The van der Waals surface area contributed by atoms with Crippen LogP contribution in [-0.2, 0) is 16.0 Å². The standard InChI is InChI=1S/C17H23NO3/c1-3-5-8-13(4-2)12-20-17(19)11-16-18-14-9-6-7-10-15(14)21-16/h6-7,9-10,13H,3-5,8,11-12H2,1-2H3. The van der Waals surface area contributed by atoms with Crippen LogP contribution >= 0.6 is 0 Å². The molecule has 21 heavy (non-hydrogen) atoms. The Morgan fingerprint density at radius 2 is 2.14 bits per heavy atom. The molecule has 0 saturated heterocycles. The second-order valence-electron chi connectivity index (χ2n) is 5.35. The molecule has 2 aromatic rings. The number of aromatic nitrogens is 1. The van der Waals surface area contributed by atoms with Gasteiger partial charge in [0, 0.05) is 0 Å². The zero-order valence-electron chi connectivity index (χ0n) is 12.8. The smallest absolute Gasteiger partial charge is 0.315 e. The maximum absolute atomic E-state index is 11.9. The summed E-state index contributed by atoms with van der Waals surface area (Å²) in [6.45, 7) is 4.80. The van der Waals surface area contributed by atoms with E-state index in [0.717, 1.165) is 18.4 Å². The number of hydrogen-bond donors (Lipinski definition) is 0. The number of unbranched alkanes of at least 4 members (excludes halogenated alkanes) is 1. The summed E-state index contributed by atoms with van der Waals surface area (Å²) >= 11 is 0. The van der Waals surface area contributed by atoms with Crippen LogP contribution in [0.4, 0.5) is 0 Å². The van der Waals surface area contributed by atoms with E-state index in [9.17, 15) is 4.79 Å². The van der Waals surface area contributed by atoms with Gasteiger partial charge in [-0.05, 0) is 24.5 Å². The fourth-order valence-electron chi connectivity index (χ4n) is 2.28. The maximum Gasteiger partial charge on any atom is 0.315 e. The molecule has 4 nitrogen and oxygen atoms in total. The van der Waals surface area contributed by atoms with Gasteiger partial charge in [0.2, 0.25) is 5.89 Å². The van der Waals surface area contributed by atoms with Gasteiger partial charge in [-0.25, -0.2) is 4.98 Å². The molecule has 0 aliphatic heterocycles. The Morgan fingerprint density at radius 1 is 1.33 bits per heavy atom. The number of esters is 1. The van der Waals surface area contributed by atoms with E-state index in [1.807, 2.05) is 24.3 Å². The fourth-order valence-corrected chi connectivity index (χ4v) is 2.28. The highest BCUT2D eigenvalue weighted by atomic mass is 16.5. The molecule has 1 aromatic carbocycles. The molecule has 0 spiro atoms. The SMILES string of the molecule is CCCCC(CC)COC(=O)Cc1nc2ccccc2o1. The van der Waals surface area contributed by atoms with Crippen molar-refractivity contribution in [3.63, 3.8) is 0 Å². The van der Waals surface area contributed by atoms with Crippen LogP contribution in [0.5, 0.6) is 0 Å². The Bertz CT molecular complexity index is 543. The summed E-state index contributed by atoms with van der Waals surface area (Å²) in [6.07, 6.45) is 4.60. The average molecular weight is 289 g/mol. The molecule has 0 aliphatic carbocycles. The zero-order chi connectivity index (χ0) is 15.1. The predicted molar refractivity (Wildman–Crippen MR) is 82.0 cm³/mol. The minimum atomic E-state index is -0.267. The third-order valence-corrected chi connectivity index (χ3v) is 3.66. The number of carbonyl (C=O) groups excluding carboxylic acids is 1. The lowest BCUT2D eigenvalue weighted by Gasteiger charge is -2.14. The van der Waals surface area contributed by atoms with E-state index in [2.05, 4.69) is 18.8 Å². The summed E-state index contributed by atoms with van der Waals surface area (Å²) in [4.78, 5) is 16.1. The number of fused-ring (bicyclic) bond motifs is 1. The maximum atomic E-state index is 11.9. The molecule has 1 heterocycles. The molecule has 1 aromatic heterocycles. The Balaban J connectivity index is 1.83. The van der Waals surface area contributed by atoms with Gasteiger partial charge >= 0.3 is 5.97 Å². The number of oxazole rings is 1. The van der Waals surface area contributed by atoms with Gasteiger partial charge in [-0.15, -0.1) is 0 Å². The zero-order valence-corrected chi connectivity index (χ0v) is 12.8. The van der Waals surface area contributed by atoms with Crippen LogP contribution in [0.25, 0.3) is 11.1 Å². The highest BCUT2D eigenvalue weighted by Crippen LogP contribution is 2.16. The molecule has 114 valence electrons. The average Bonchev–Trinajstić information content (AvgIpc) is 2.89.